The van der Waals surface area contributed by atoms with Crippen LogP contribution < -0.4 is 5.73 Å². The van der Waals surface area contributed by atoms with Crippen molar-refractivity contribution >= 4 is 6.09 Å². The minimum Gasteiger partial charge on any atom is -0.445 e. The second kappa shape index (κ2) is 6.95. The molecule has 3 heteroatoms. The molecule has 0 saturated carbocycles. The molecule has 0 aliphatic rings. The maximum atomic E-state index is 10.2. The minimum absolute atomic E-state index is 0.246. The first kappa shape index (κ1) is 12.5. The molecule has 0 aliphatic heterocycles. The Morgan fingerprint density at radius 3 is 2.21 bits per heavy atom. The summed E-state index contributed by atoms with van der Waals surface area (Å²) >= 11 is 0. The molecule has 14 heavy (non-hydrogen) atoms. The molecule has 0 aromatic heterocycles. The summed E-state index contributed by atoms with van der Waals surface area (Å²) in [6.07, 6.45) is -0.740. The Morgan fingerprint density at radius 2 is 1.79 bits per heavy atom. The maximum absolute atomic E-state index is 10.2. The van der Waals surface area contributed by atoms with Crippen molar-refractivity contribution in [2.75, 3.05) is 0 Å². The fourth-order valence-corrected chi connectivity index (χ4v) is 0.839. The molecule has 1 aromatic rings. The molecule has 0 radical (unpaired) electrons. The molecule has 1 aromatic carbocycles. The van der Waals surface area contributed by atoms with Gasteiger partial charge >= 0.3 is 6.09 Å². The fraction of sp³-hybridized carbons (Fsp3) is 0.364. The van der Waals surface area contributed by atoms with Crippen molar-refractivity contribution in [3.05, 3.63) is 35.4 Å². The second-order valence-electron chi connectivity index (χ2n) is 2.59. The van der Waals surface area contributed by atoms with E-state index in [1.807, 2.05) is 45.0 Å². The molecule has 0 unspecified atom stereocenters. The Hall–Kier alpha value is -1.51. The van der Waals surface area contributed by atoms with E-state index in [0.29, 0.717) is 0 Å². The molecule has 1 rings (SSSR count). The summed E-state index contributed by atoms with van der Waals surface area (Å²) in [6, 6.07) is 7.72. The lowest BCUT2D eigenvalue weighted by Gasteiger charge is -2.01. The molecule has 78 valence electrons. The van der Waals surface area contributed by atoms with Gasteiger partial charge in [-0.05, 0) is 12.5 Å². The number of hydrogen-bond acceptors (Lipinski definition) is 2. The molecule has 3 nitrogen and oxygen atoms in total. The molecule has 1 amide bonds. The number of rotatable bonds is 2. The van der Waals surface area contributed by atoms with Crippen LogP contribution in [0, 0.1) is 6.92 Å². The van der Waals surface area contributed by atoms with Gasteiger partial charge < -0.3 is 10.5 Å². The summed E-state index contributed by atoms with van der Waals surface area (Å²) in [7, 11) is 0. The summed E-state index contributed by atoms with van der Waals surface area (Å²) in [4.78, 5) is 10.2. The number of carbonyl (C=O) groups is 1. The quantitative estimate of drug-likeness (QED) is 0.788. The van der Waals surface area contributed by atoms with E-state index in [-0.39, 0.29) is 6.61 Å². The third-order valence-corrected chi connectivity index (χ3v) is 1.50. The van der Waals surface area contributed by atoms with Crippen molar-refractivity contribution in [2.24, 2.45) is 5.73 Å². The van der Waals surface area contributed by atoms with Crippen molar-refractivity contribution in [1.29, 1.82) is 0 Å². The molecule has 0 heterocycles. The number of aryl methyl sites for hydroxylation is 1. The van der Waals surface area contributed by atoms with E-state index in [1.165, 1.54) is 5.56 Å². The highest BCUT2D eigenvalue weighted by Crippen LogP contribution is 2.03. The molecule has 2 N–H and O–H groups in total. The summed E-state index contributed by atoms with van der Waals surface area (Å²) in [5, 5.41) is 0. The van der Waals surface area contributed by atoms with E-state index in [4.69, 9.17) is 5.73 Å². The molecule has 0 spiro atoms. The van der Waals surface area contributed by atoms with Crippen LogP contribution in [0.2, 0.25) is 0 Å². The van der Waals surface area contributed by atoms with E-state index in [0.717, 1.165) is 5.56 Å². The van der Waals surface area contributed by atoms with Crippen LogP contribution in [-0.2, 0) is 11.3 Å². The number of primary amides is 1. The van der Waals surface area contributed by atoms with Gasteiger partial charge in [-0.3, -0.25) is 0 Å². The van der Waals surface area contributed by atoms with Crippen LogP contribution in [0.15, 0.2) is 24.3 Å². The van der Waals surface area contributed by atoms with Crippen molar-refractivity contribution in [3.8, 4) is 0 Å². The summed E-state index contributed by atoms with van der Waals surface area (Å²) in [5.74, 6) is 0. The van der Waals surface area contributed by atoms with Crippen LogP contribution in [0.1, 0.15) is 25.0 Å². The zero-order valence-electron chi connectivity index (χ0n) is 8.91. The highest BCUT2D eigenvalue weighted by atomic mass is 16.5. The number of amides is 1. The Kier molecular flexibility index (Phi) is 6.20. The topological polar surface area (TPSA) is 52.3 Å². The van der Waals surface area contributed by atoms with Crippen LogP contribution >= 0.6 is 0 Å². The van der Waals surface area contributed by atoms with Gasteiger partial charge in [-0.25, -0.2) is 4.79 Å². The number of benzene rings is 1. The minimum atomic E-state index is -0.740. The van der Waals surface area contributed by atoms with Crippen LogP contribution in [0.4, 0.5) is 4.79 Å². The lowest BCUT2D eigenvalue weighted by atomic mass is 10.2. The third-order valence-electron chi connectivity index (χ3n) is 1.50. The van der Waals surface area contributed by atoms with Crippen molar-refractivity contribution < 1.29 is 9.53 Å². The Labute approximate surface area is 84.9 Å². The van der Waals surface area contributed by atoms with Gasteiger partial charge in [0.1, 0.15) is 6.61 Å². The van der Waals surface area contributed by atoms with Crippen LogP contribution in [0.5, 0.6) is 0 Å². The van der Waals surface area contributed by atoms with E-state index < -0.39 is 6.09 Å². The van der Waals surface area contributed by atoms with Gasteiger partial charge in [0.25, 0.3) is 0 Å². The average Bonchev–Trinajstić information content (AvgIpc) is 2.20. The first-order valence-electron chi connectivity index (χ1n) is 4.66. The van der Waals surface area contributed by atoms with Gasteiger partial charge in [-0.1, -0.05) is 43.7 Å². The predicted molar refractivity (Wildman–Crippen MR) is 56.9 cm³/mol. The van der Waals surface area contributed by atoms with E-state index in [9.17, 15) is 4.79 Å². The van der Waals surface area contributed by atoms with Gasteiger partial charge in [-0.15, -0.1) is 0 Å². The highest BCUT2D eigenvalue weighted by Gasteiger charge is 1.95. The molecular weight excluding hydrogens is 178 g/mol. The molecule has 0 atom stereocenters. The average molecular weight is 195 g/mol. The lowest BCUT2D eigenvalue weighted by Crippen LogP contribution is -2.12. The van der Waals surface area contributed by atoms with E-state index >= 15 is 0 Å². The zero-order chi connectivity index (χ0) is 11.0. The Balaban J connectivity index is 0.000000791. The number of carbonyl (C=O) groups excluding carboxylic acids is 1. The maximum Gasteiger partial charge on any atom is 0.404 e. The van der Waals surface area contributed by atoms with Crippen LogP contribution in [-0.4, -0.2) is 6.09 Å². The molecule has 0 fully saturated rings. The highest BCUT2D eigenvalue weighted by molar-refractivity contribution is 5.64. The Bertz CT molecular complexity index is 267. The zero-order valence-corrected chi connectivity index (χ0v) is 8.91. The monoisotopic (exact) mass is 195 g/mol. The van der Waals surface area contributed by atoms with Crippen LogP contribution in [0.3, 0.4) is 0 Å². The predicted octanol–water partition coefficient (Wildman–Crippen LogP) is 2.62. The second-order valence-corrected chi connectivity index (χ2v) is 2.59. The van der Waals surface area contributed by atoms with E-state index in [2.05, 4.69) is 4.74 Å². The lowest BCUT2D eigenvalue weighted by molar-refractivity contribution is 0.150. The van der Waals surface area contributed by atoms with Crippen LogP contribution in [0.25, 0.3) is 0 Å². The third kappa shape index (κ3) is 5.19. The molecule has 0 saturated heterocycles. The van der Waals surface area contributed by atoms with Gasteiger partial charge in [0.2, 0.25) is 0 Å². The summed E-state index contributed by atoms with van der Waals surface area (Å²) in [5.41, 5.74) is 6.93. The SMILES string of the molecule is CC.Cc1ccc(COC(N)=O)cc1. The number of ether oxygens (including phenoxy) is 1. The van der Waals surface area contributed by atoms with Crippen molar-refractivity contribution in [2.45, 2.75) is 27.4 Å². The first-order chi connectivity index (χ1) is 6.68. The summed E-state index contributed by atoms with van der Waals surface area (Å²) < 4.78 is 4.61. The van der Waals surface area contributed by atoms with Gasteiger partial charge in [-0.2, -0.15) is 0 Å². The van der Waals surface area contributed by atoms with Gasteiger partial charge in [0.15, 0.2) is 0 Å². The van der Waals surface area contributed by atoms with Gasteiger partial charge in [0.05, 0.1) is 0 Å². The molecule has 0 bridgehead atoms. The van der Waals surface area contributed by atoms with Gasteiger partial charge in [0, 0.05) is 0 Å². The summed E-state index contributed by atoms with van der Waals surface area (Å²) in [6.45, 7) is 6.24. The smallest absolute Gasteiger partial charge is 0.404 e. The van der Waals surface area contributed by atoms with Crippen molar-refractivity contribution in [3.63, 3.8) is 0 Å². The first-order valence-corrected chi connectivity index (χ1v) is 4.66. The standard InChI is InChI=1S/C9H11NO2.C2H6/c1-7-2-4-8(5-3-7)6-12-9(10)11;1-2/h2-5H,6H2,1H3,(H2,10,11);1-2H3. The number of hydrogen-bond donors (Lipinski definition) is 1. The number of nitrogens with two attached hydrogens (primary N) is 1. The largest absolute Gasteiger partial charge is 0.445 e. The van der Waals surface area contributed by atoms with E-state index in [1.54, 1.807) is 0 Å². The molecular formula is C11H17NO2. The normalized spacial score (nSPS) is 8.50. The fourth-order valence-electron chi connectivity index (χ4n) is 0.839. The molecule has 0 aliphatic carbocycles. The van der Waals surface area contributed by atoms with Crippen molar-refractivity contribution in [1.82, 2.24) is 0 Å². The Morgan fingerprint density at radius 1 is 1.29 bits per heavy atom.